The second-order valence-electron chi connectivity index (χ2n) is 7.84. The van der Waals surface area contributed by atoms with E-state index in [9.17, 15) is 13.2 Å². The molecule has 0 spiro atoms. The number of anilines is 1. The number of thiophene rings is 1. The predicted molar refractivity (Wildman–Crippen MR) is 128 cm³/mol. The minimum absolute atomic E-state index is 0.0505. The molecule has 9 heteroatoms. The van der Waals surface area contributed by atoms with Crippen LogP contribution in [0, 0.1) is 5.92 Å². The highest BCUT2D eigenvalue weighted by Gasteiger charge is 2.33. The summed E-state index contributed by atoms with van der Waals surface area (Å²) in [4.78, 5) is 12.5. The molecule has 4 rings (SSSR count). The zero-order chi connectivity index (χ0) is 23.4. The lowest BCUT2D eigenvalue weighted by molar-refractivity contribution is -0.124. The van der Waals surface area contributed by atoms with Crippen LogP contribution < -0.4 is 19.1 Å². The van der Waals surface area contributed by atoms with E-state index in [-0.39, 0.29) is 22.8 Å². The summed E-state index contributed by atoms with van der Waals surface area (Å²) in [5.74, 6) is 1.50. The Morgan fingerprint density at radius 1 is 1.09 bits per heavy atom. The number of nitrogens with zero attached hydrogens (tertiary/aromatic N) is 1. The quantitative estimate of drug-likeness (QED) is 0.464. The van der Waals surface area contributed by atoms with Crippen LogP contribution in [-0.4, -0.2) is 35.1 Å². The number of methoxy groups -OCH3 is 1. The maximum Gasteiger partial charge on any atom is 0.273 e. The number of benzene rings is 2. The Morgan fingerprint density at radius 2 is 1.76 bits per heavy atom. The number of rotatable bonds is 10. The van der Waals surface area contributed by atoms with Gasteiger partial charge in [0, 0.05) is 7.05 Å². The number of nitrogens with one attached hydrogen (secondary N) is 1. The van der Waals surface area contributed by atoms with Crippen molar-refractivity contribution in [3.8, 4) is 11.5 Å². The lowest BCUT2D eigenvalue weighted by Crippen LogP contribution is -2.33. The maximum atomic E-state index is 12.7. The summed E-state index contributed by atoms with van der Waals surface area (Å²) < 4.78 is 37.7. The molecule has 1 N–H and O–H groups in total. The van der Waals surface area contributed by atoms with Crippen LogP contribution in [0.5, 0.6) is 11.5 Å². The van der Waals surface area contributed by atoms with Crippen molar-refractivity contribution in [1.82, 2.24) is 5.32 Å². The fraction of sp³-hybridized carbons (Fsp3) is 0.292. The van der Waals surface area contributed by atoms with Crippen molar-refractivity contribution in [3.63, 3.8) is 0 Å². The van der Waals surface area contributed by atoms with Gasteiger partial charge in [-0.1, -0.05) is 18.2 Å². The van der Waals surface area contributed by atoms with Gasteiger partial charge >= 0.3 is 0 Å². The van der Waals surface area contributed by atoms with E-state index in [0.717, 1.165) is 24.2 Å². The topological polar surface area (TPSA) is 84.9 Å². The van der Waals surface area contributed by atoms with Gasteiger partial charge in [0.2, 0.25) is 0 Å². The SMILES string of the molecule is COc1ccc(C(NC(=O)COc2ccc(N(C)S(=O)(=O)c3cccs3)cc2)C2CC2)cc1. The van der Waals surface area contributed by atoms with Crippen LogP contribution in [0.3, 0.4) is 0 Å². The molecule has 1 aromatic heterocycles. The van der Waals surface area contributed by atoms with Gasteiger partial charge in [-0.2, -0.15) is 0 Å². The molecule has 0 saturated heterocycles. The van der Waals surface area contributed by atoms with E-state index in [2.05, 4.69) is 5.32 Å². The normalized spacial score (nSPS) is 14.4. The second kappa shape index (κ2) is 9.84. The Bertz CT molecular complexity index is 1170. The minimum atomic E-state index is -3.59. The van der Waals surface area contributed by atoms with Crippen LogP contribution in [0.25, 0.3) is 0 Å². The minimum Gasteiger partial charge on any atom is -0.497 e. The van der Waals surface area contributed by atoms with Crippen molar-refractivity contribution < 1.29 is 22.7 Å². The molecule has 174 valence electrons. The number of hydrogen-bond acceptors (Lipinski definition) is 6. The van der Waals surface area contributed by atoms with Crippen LogP contribution in [0.4, 0.5) is 5.69 Å². The molecule has 1 heterocycles. The molecule has 1 aliphatic rings. The second-order valence-corrected chi connectivity index (χ2v) is 11.0. The standard InChI is InChI=1S/C24H26N2O5S2/c1-26(33(28,29)23-4-3-15-32-23)19-9-13-21(14-10-19)31-16-22(27)25-24(17-5-6-17)18-7-11-20(30-2)12-8-18/h3-4,7-15,17,24H,5-6,16H2,1-2H3,(H,25,27). The van der Waals surface area contributed by atoms with Gasteiger partial charge in [0.1, 0.15) is 15.7 Å². The van der Waals surface area contributed by atoms with Gasteiger partial charge in [0.05, 0.1) is 18.8 Å². The van der Waals surface area contributed by atoms with Crippen molar-refractivity contribution in [2.75, 3.05) is 25.1 Å². The third-order valence-electron chi connectivity index (χ3n) is 5.56. The molecule has 1 atom stereocenters. The van der Waals surface area contributed by atoms with Crippen LogP contribution in [0.1, 0.15) is 24.4 Å². The number of sulfonamides is 1. The summed E-state index contributed by atoms with van der Waals surface area (Å²) in [6.07, 6.45) is 2.17. The smallest absolute Gasteiger partial charge is 0.273 e. The van der Waals surface area contributed by atoms with E-state index in [0.29, 0.717) is 17.4 Å². The zero-order valence-corrected chi connectivity index (χ0v) is 20.1. The summed E-state index contributed by atoms with van der Waals surface area (Å²) in [6, 6.07) is 17.6. The molecule has 0 radical (unpaired) electrons. The molecule has 1 saturated carbocycles. The molecule has 3 aromatic rings. The van der Waals surface area contributed by atoms with Crippen LogP contribution >= 0.6 is 11.3 Å². The first kappa shape index (κ1) is 23.1. The van der Waals surface area contributed by atoms with E-state index in [1.165, 1.54) is 22.7 Å². The number of hydrogen-bond donors (Lipinski definition) is 1. The van der Waals surface area contributed by atoms with Gasteiger partial charge in [-0.05, 0) is 72.2 Å². The van der Waals surface area contributed by atoms with Crippen molar-refractivity contribution in [2.24, 2.45) is 5.92 Å². The molecule has 1 amide bonds. The summed E-state index contributed by atoms with van der Waals surface area (Å²) in [6.45, 7) is -0.123. The molecular weight excluding hydrogens is 460 g/mol. The largest absolute Gasteiger partial charge is 0.497 e. The van der Waals surface area contributed by atoms with Crippen molar-refractivity contribution in [1.29, 1.82) is 0 Å². The Hall–Kier alpha value is -3.04. The molecule has 1 aliphatic carbocycles. The van der Waals surface area contributed by atoms with Gasteiger partial charge in [-0.25, -0.2) is 8.42 Å². The number of carbonyl (C=O) groups is 1. The van der Waals surface area contributed by atoms with Gasteiger partial charge < -0.3 is 14.8 Å². The number of ether oxygens (including phenoxy) is 2. The van der Waals surface area contributed by atoms with E-state index in [1.807, 2.05) is 24.3 Å². The van der Waals surface area contributed by atoms with Crippen LogP contribution in [-0.2, 0) is 14.8 Å². The van der Waals surface area contributed by atoms with Crippen LogP contribution in [0.2, 0.25) is 0 Å². The molecule has 2 aromatic carbocycles. The van der Waals surface area contributed by atoms with Gasteiger partial charge in [-0.15, -0.1) is 11.3 Å². The predicted octanol–water partition coefficient (Wildman–Crippen LogP) is 4.23. The molecule has 33 heavy (non-hydrogen) atoms. The van der Waals surface area contributed by atoms with Crippen molar-refractivity contribution in [3.05, 3.63) is 71.6 Å². The highest BCUT2D eigenvalue weighted by Crippen LogP contribution is 2.41. The molecule has 1 unspecified atom stereocenters. The summed E-state index contributed by atoms with van der Waals surface area (Å²) in [5.41, 5.74) is 1.56. The monoisotopic (exact) mass is 486 g/mol. The molecule has 1 fully saturated rings. The first-order valence-corrected chi connectivity index (χ1v) is 12.9. The van der Waals surface area contributed by atoms with E-state index in [4.69, 9.17) is 9.47 Å². The summed E-state index contributed by atoms with van der Waals surface area (Å²) in [7, 11) is -0.461. The maximum absolute atomic E-state index is 12.7. The molecular formula is C24H26N2O5S2. The Kier molecular flexibility index (Phi) is 6.90. The fourth-order valence-corrected chi connectivity index (χ4v) is 5.87. The van der Waals surface area contributed by atoms with Gasteiger partial charge in [0.15, 0.2) is 6.61 Å². The molecule has 7 nitrogen and oxygen atoms in total. The van der Waals surface area contributed by atoms with Crippen molar-refractivity contribution in [2.45, 2.75) is 23.1 Å². The Morgan fingerprint density at radius 3 is 2.33 bits per heavy atom. The Balaban J connectivity index is 1.34. The highest BCUT2D eigenvalue weighted by atomic mass is 32.2. The zero-order valence-electron chi connectivity index (χ0n) is 18.4. The van der Waals surface area contributed by atoms with Gasteiger partial charge in [-0.3, -0.25) is 9.10 Å². The average molecular weight is 487 g/mol. The Labute approximate surface area is 198 Å². The van der Waals surface area contributed by atoms with Crippen LogP contribution in [0.15, 0.2) is 70.3 Å². The molecule has 0 bridgehead atoms. The number of carbonyl (C=O) groups excluding carboxylic acids is 1. The van der Waals surface area contributed by atoms with Gasteiger partial charge in [0.25, 0.3) is 15.9 Å². The summed E-state index contributed by atoms with van der Waals surface area (Å²) in [5, 5.41) is 4.80. The third kappa shape index (κ3) is 5.48. The average Bonchev–Trinajstić information content (AvgIpc) is 3.52. The first-order chi connectivity index (χ1) is 15.9. The lowest BCUT2D eigenvalue weighted by atomic mass is 10.0. The fourth-order valence-electron chi connectivity index (χ4n) is 3.51. The molecule has 0 aliphatic heterocycles. The van der Waals surface area contributed by atoms with E-state index in [1.54, 1.807) is 48.9 Å². The first-order valence-electron chi connectivity index (χ1n) is 10.6. The van der Waals surface area contributed by atoms with Crippen molar-refractivity contribution >= 4 is 33.0 Å². The van der Waals surface area contributed by atoms with E-state index < -0.39 is 10.0 Å². The highest BCUT2D eigenvalue weighted by molar-refractivity contribution is 7.94. The lowest BCUT2D eigenvalue weighted by Gasteiger charge is -2.20. The number of amides is 1. The van der Waals surface area contributed by atoms with E-state index >= 15 is 0 Å². The third-order valence-corrected chi connectivity index (χ3v) is 8.72. The summed E-state index contributed by atoms with van der Waals surface area (Å²) >= 11 is 1.17.